The molecule has 4 rings (SSSR count). The fourth-order valence-corrected chi connectivity index (χ4v) is 4.12. The van der Waals surface area contributed by atoms with Crippen LogP contribution in [0.2, 0.25) is 0 Å². The average Bonchev–Trinajstić information content (AvgIpc) is 3.46. The van der Waals surface area contributed by atoms with E-state index in [0.29, 0.717) is 11.8 Å². The van der Waals surface area contributed by atoms with Crippen molar-refractivity contribution < 1.29 is 4.79 Å². The minimum absolute atomic E-state index is 0.213. The van der Waals surface area contributed by atoms with E-state index in [9.17, 15) is 4.79 Å². The topological polar surface area (TPSA) is 46.1 Å². The third-order valence-corrected chi connectivity index (χ3v) is 5.59. The quantitative estimate of drug-likeness (QED) is 0.767. The highest BCUT2D eigenvalue weighted by atomic mass is 32.2. The fraction of sp³-hybridized carbons (Fsp3) is 0.421. The molecule has 0 atom stereocenters. The molecule has 4 nitrogen and oxygen atoms in total. The van der Waals surface area contributed by atoms with Gasteiger partial charge in [-0.1, -0.05) is 42.1 Å². The zero-order valence-corrected chi connectivity index (χ0v) is 14.5. The van der Waals surface area contributed by atoms with Crippen LogP contribution in [0.3, 0.4) is 0 Å². The van der Waals surface area contributed by atoms with E-state index in [-0.39, 0.29) is 5.91 Å². The van der Waals surface area contributed by atoms with E-state index in [1.165, 1.54) is 30.3 Å². The number of allylic oxidation sites excluding steroid dienone is 2. The number of hydrogen-bond acceptors (Lipinski definition) is 4. The molecule has 1 amide bonds. The van der Waals surface area contributed by atoms with Gasteiger partial charge in [-0.3, -0.25) is 4.79 Å². The molecule has 1 fully saturated rings. The van der Waals surface area contributed by atoms with Gasteiger partial charge in [-0.15, -0.1) is 5.10 Å². The molecule has 5 heteroatoms. The summed E-state index contributed by atoms with van der Waals surface area (Å²) in [6.07, 6.45) is 10.9. The van der Waals surface area contributed by atoms with Crippen molar-refractivity contribution >= 4 is 28.4 Å². The van der Waals surface area contributed by atoms with E-state index in [1.807, 2.05) is 24.3 Å². The van der Waals surface area contributed by atoms with Gasteiger partial charge in [0.2, 0.25) is 5.91 Å². The lowest BCUT2D eigenvalue weighted by Gasteiger charge is -2.27. The van der Waals surface area contributed by atoms with Crippen LogP contribution in [-0.2, 0) is 4.79 Å². The Balaban J connectivity index is 1.49. The first kappa shape index (κ1) is 15.6. The van der Waals surface area contributed by atoms with E-state index in [2.05, 4.69) is 21.2 Å². The smallest absolute Gasteiger partial charge is 0.237 e. The summed E-state index contributed by atoms with van der Waals surface area (Å²) in [6.45, 7) is 0. The second-order valence-corrected chi connectivity index (χ2v) is 7.43. The van der Waals surface area contributed by atoms with Crippen LogP contribution in [-0.4, -0.2) is 32.8 Å². The van der Waals surface area contributed by atoms with E-state index in [1.54, 1.807) is 6.20 Å². The number of rotatable bonds is 5. The van der Waals surface area contributed by atoms with Gasteiger partial charge in [0.1, 0.15) is 5.03 Å². The first-order chi connectivity index (χ1) is 11.8. The summed E-state index contributed by atoms with van der Waals surface area (Å²) < 4.78 is 0. The molecule has 0 unspecified atom stereocenters. The molecule has 2 aliphatic carbocycles. The SMILES string of the molecule is O=C(CSc1nncc2ccccc12)N(C1=CCCCC1)C1CC1. The maximum Gasteiger partial charge on any atom is 0.237 e. The van der Waals surface area contributed by atoms with Gasteiger partial charge in [0.15, 0.2) is 0 Å². The maximum atomic E-state index is 12.8. The Labute approximate surface area is 146 Å². The van der Waals surface area contributed by atoms with Crippen molar-refractivity contribution in [3.05, 3.63) is 42.2 Å². The highest BCUT2D eigenvalue weighted by Crippen LogP contribution is 2.35. The van der Waals surface area contributed by atoms with Crippen LogP contribution in [0.1, 0.15) is 38.5 Å². The Bertz CT molecular complexity index is 780. The molecule has 0 aliphatic heterocycles. The van der Waals surface area contributed by atoms with Crippen LogP contribution in [0.15, 0.2) is 47.3 Å². The lowest BCUT2D eigenvalue weighted by molar-refractivity contribution is -0.127. The maximum absolute atomic E-state index is 12.8. The number of carbonyl (C=O) groups excluding carboxylic acids is 1. The van der Waals surface area contributed by atoms with Crippen molar-refractivity contribution in [2.24, 2.45) is 0 Å². The third kappa shape index (κ3) is 3.31. The third-order valence-electron chi connectivity index (χ3n) is 4.63. The zero-order chi connectivity index (χ0) is 16.4. The van der Waals surface area contributed by atoms with Crippen LogP contribution in [0, 0.1) is 0 Å². The lowest BCUT2D eigenvalue weighted by atomic mass is 10.0. The van der Waals surface area contributed by atoms with E-state index in [0.717, 1.165) is 41.5 Å². The molecule has 2 aromatic rings. The standard InChI is InChI=1S/C19H21N3OS/c23-18(22(16-10-11-16)15-7-2-1-3-8-15)13-24-19-17-9-5-4-6-14(17)12-20-21-19/h4-7,9,12,16H,1-3,8,10-11,13H2. The van der Waals surface area contributed by atoms with Gasteiger partial charge in [0.05, 0.1) is 11.9 Å². The summed E-state index contributed by atoms with van der Waals surface area (Å²) in [4.78, 5) is 14.9. The monoisotopic (exact) mass is 339 g/mol. The van der Waals surface area contributed by atoms with E-state index < -0.39 is 0 Å². The molecule has 2 aliphatic rings. The number of nitrogens with zero attached hydrogens (tertiary/aromatic N) is 3. The number of amides is 1. The van der Waals surface area contributed by atoms with Crippen molar-refractivity contribution in [2.45, 2.75) is 49.6 Å². The number of aromatic nitrogens is 2. The van der Waals surface area contributed by atoms with Crippen LogP contribution < -0.4 is 0 Å². The van der Waals surface area contributed by atoms with Crippen molar-refractivity contribution in [2.75, 3.05) is 5.75 Å². The van der Waals surface area contributed by atoms with Gasteiger partial charge < -0.3 is 4.90 Å². The summed E-state index contributed by atoms with van der Waals surface area (Å²) >= 11 is 1.50. The van der Waals surface area contributed by atoms with Crippen molar-refractivity contribution in [1.82, 2.24) is 15.1 Å². The molecule has 0 bridgehead atoms. The van der Waals surface area contributed by atoms with E-state index >= 15 is 0 Å². The normalized spacial score (nSPS) is 17.6. The van der Waals surface area contributed by atoms with Crippen molar-refractivity contribution in [1.29, 1.82) is 0 Å². The summed E-state index contributed by atoms with van der Waals surface area (Å²) in [5.74, 6) is 0.640. The van der Waals surface area contributed by atoms with Crippen molar-refractivity contribution in [3.8, 4) is 0 Å². The van der Waals surface area contributed by atoms with Crippen LogP contribution in [0.25, 0.3) is 10.8 Å². The first-order valence-corrected chi connectivity index (χ1v) is 9.66. The van der Waals surface area contributed by atoms with Gasteiger partial charge >= 0.3 is 0 Å². The number of carbonyl (C=O) groups is 1. The number of fused-ring (bicyclic) bond motifs is 1. The molecule has 24 heavy (non-hydrogen) atoms. The number of benzene rings is 1. The molecule has 1 aromatic carbocycles. The van der Waals surface area contributed by atoms with Gasteiger partial charge in [-0.05, 0) is 38.5 Å². The number of thioether (sulfide) groups is 1. The molecule has 0 N–H and O–H groups in total. The number of hydrogen-bond donors (Lipinski definition) is 0. The highest BCUT2D eigenvalue weighted by molar-refractivity contribution is 8.00. The molecule has 1 aromatic heterocycles. The summed E-state index contributed by atoms with van der Waals surface area (Å²) in [5.41, 5.74) is 1.25. The zero-order valence-electron chi connectivity index (χ0n) is 13.6. The Morgan fingerprint density at radius 3 is 2.92 bits per heavy atom. The second kappa shape index (κ2) is 6.93. The van der Waals surface area contributed by atoms with Gasteiger partial charge in [-0.2, -0.15) is 5.10 Å². The van der Waals surface area contributed by atoms with Gasteiger partial charge in [0.25, 0.3) is 0 Å². The lowest BCUT2D eigenvalue weighted by Crippen LogP contribution is -2.34. The largest absolute Gasteiger partial charge is 0.313 e. The molecule has 124 valence electrons. The Morgan fingerprint density at radius 2 is 2.12 bits per heavy atom. The van der Waals surface area contributed by atoms with Gasteiger partial charge in [0, 0.05) is 22.5 Å². The minimum atomic E-state index is 0.213. The Kier molecular flexibility index (Phi) is 4.52. The molecular weight excluding hydrogens is 318 g/mol. The van der Waals surface area contributed by atoms with Crippen molar-refractivity contribution in [3.63, 3.8) is 0 Å². The Morgan fingerprint density at radius 1 is 1.25 bits per heavy atom. The molecule has 0 saturated heterocycles. The predicted octanol–water partition coefficient (Wildman–Crippen LogP) is 4.17. The Hall–Kier alpha value is -1.88. The molecule has 1 saturated carbocycles. The summed E-state index contributed by atoms with van der Waals surface area (Å²) in [5, 5.41) is 11.3. The predicted molar refractivity (Wildman–Crippen MR) is 96.7 cm³/mol. The van der Waals surface area contributed by atoms with Crippen LogP contribution >= 0.6 is 11.8 Å². The molecule has 0 spiro atoms. The van der Waals surface area contributed by atoms with Crippen LogP contribution in [0.4, 0.5) is 0 Å². The summed E-state index contributed by atoms with van der Waals surface area (Å²) in [7, 11) is 0. The van der Waals surface area contributed by atoms with E-state index in [4.69, 9.17) is 0 Å². The van der Waals surface area contributed by atoms with Crippen LogP contribution in [0.5, 0.6) is 0 Å². The molecule has 1 heterocycles. The molecule has 0 radical (unpaired) electrons. The molecular formula is C19H21N3OS. The van der Waals surface area contributed by atoms with Gasteiger partial charge in [-0.25, -0.2) is 0 Å². The minimum Gasteiger partial charge on any atom is -0.313 e. The second-order valence-electron chi connectivity index (χ2n) is 6.46. The highest BCUT2D eigenvalue weighted by Gasteiger charge is 2.34. The average molecular weight is 339 g/mol. The summed E-state index contributed by atoms with van der Waals surface area (Å²) in [6, 6.07) is 8.49. The first-order valence-electron chi connectivity index (χ1n) is 8.67. The fourth-order valence-electron chi connectivity index (χ4n) is 3.28.